The van der Waals surface area contributed by atoms with Gasteiger partial charge < -0.3 is 14.9 Å². The van der Waals surface area contributed by atoms with Crippen LogP contribution in [0, 0.1) is 11.8 Å². The average Bonchev–Trinajstić information content (AvgIpc) is 3.02. The Bertz CT molecular complexity index is 471. The number of ether oxygens (including phenoxy) is 1. The number of hydrogen-bond acceptors (Lipinski definition) is 4. The summed E-state index contributed by atoms with van der Waals surface area (Å²) < 4.78 is 4.64. The van der Waals surface area contributed by atoms with E-state index in [0.717, 1.165) is 64.2 Å². The maximum atomic E-state index is 11.1. The molecule has 1 saturated carbocycles. The lowest BCUT2D eigenvalue weighted by Gasteiger charge is -2.25. The summed E-state index contributed by atoms with van der Waals surface area (Å²) >= 11 is 0. The highest BCUT2D eigenvalue weighted by Crippen LogP contribution is 2.36. The molecular weight excluding hydrogens is 340 g/mol. The van der Waals surface area contributed by atoms with Crippen LogP contribution in [0.15, 0.2) is 24.3 Å². The molecule has 0 bridgehead atoms. The van der Waals surface area contributed by atoms with Gasteiger partial charge in [-0.2, -0.15) is 0 Å². The monoisotopic (exact) mass is 380 g/mol. The Kier molecular flexibility index (Phi) is 11.6. The van der Waals surface area contributed by atoms with E-state index in [-0.39, 0.29) is 18.0 Å². The van der Waals surface area contributed by atoms with E-state index < -0.39 is 5.60 Å². The lowest BCUT2D eigenvalue weighted by molar-refractivity contribution is -0.140. The van der Waals surface area contributed by atoms with Crippen molar-refractivity contribution >= 4 is 5.97 Å². The van der Waals surface area contributed by atoms with E-state index in [2.05, 4.69) is 29.9 Å². The largest absolute Gasteiger partial charge is 0.469 e. The van der Waals surface area contributed by atoms with Crippen LogP contribution in [-0.2, 0) is 9.53 Å². The minimum absolute atomic E-state index is 0.165. The highest BCUT2D eigenvalue weighted by molar-refractivity contribution is 5.69. The van der Waals surface area contributed by atoms with E-state index in [9.17, 15) is 15.0 Å². The molecule has 1 fully saturated rings. The van der Waals surface area contributed by atoms with Gasteiger partial charge in [-0.1, -0.05) is 57.4 Å². The van der Waals surface area contributed by atoms with Crippen LogP contribution in [0.4, 0.5) is 0 Å². The number of unbranched alkanes of at least 4 members (excludes halogenated alkanes) is 3. The van der Waals surface area contributed by atoms with Crippen LogP contribution < -0.4 is 0 Å². The summed E-state index contributed by atoms with van der Waals surface area (Å²) in [5.41, 5.74) is -0.711. The zero-order chi connectivity index (χ0) is 20.1. The standard InChI is InChI=1S/C23H40O4/c1-4-6-11-17-23(26,5-2)18-16-19-14-15-21(24)20(19)12-9-7-8-10-13-22(25)27-3/h7,9,16,18-21,24,26H,4-6,8,10-15,17H2,1-3H3/t19-,20-,21?,23?/m0/s1. The molecule has 0 aliphatic heterocycles. The number of aliphatic hydroxyl groups is 2. The third-order valence-electron chi connectivity index (χ3n) is 5.87. The molecule has 0 radical (unpaired) electrons. The molecule has 0 heterocycles. The van der Waals surface area contributed by atoms with Gasteiger partial charge in [0.05, 0.1) is 18.8 Å². The Labute approximate surface area is 165 Å². The maximum Gasteiger partial charge on any atom is 0.305 e. The Morgan fingerprint density at radius 2 is 1.96 bits per heavy atom. The van der Waals surface area contributed by atoms with Crippen molar-refractivity contribution in [2.75, 3.05) is 7.11 Å². The van der Waals surface area contributed by atoms with Gasteiger partial charge >= 0.3 is 5.97 Å². The SMILES string of the molecule is CCCCCC(O)(C=C[C@@H]1CCC(O)[C@H]1CC=CCCCC(=O)OC)CC. The summed E-state index contributed by atoms with van der Waals surface area (Å²) in [6.07, 6.45) is 17.8. The van der Waals surface area contributed by atoms with Crippen molar-refractivity contribution in [2.24, 2.45) is 11.8 Å². The van der Waals surface area contributed by atoms with Crippen LogP contribution in [-0.4, -0.2) is 35.0 Å². The molecule has 1 aliphatic carbocycles. The van der Waals surface area contributed by atoms with Crippen molar-refractivity contribution in [2.45, 2.75) is 96.2 Å². The third kappa shape index (κ3) is 9.07. The number of carbonyl (C=O) groups excluding carboxylic acids is 1. The number of esters is 1. The third-order valence-corrected chi connectivity index (χ3v) is 5.87. The molecule has 0 aromatic rings. The molecule has 156 valence electrons. The molecular formula is C23H40O4. The second kappa shape index (κ2) is 13.1. The van der Waals surface area contributed by atoms with Gasteiger partial charge in [0, 0.05) is 6.42 Å². The summed E-state index contributed by atoms with van der Waals surface area (Å²) in [6, 6.07) is 0. The fourth-order valence-corrected chi connectivity index (χ4v) is 3.85. The molecule has 4 heteroatoms. The topological polar surface area (TPSA) is 66.8 Å². The molecule has 0 amide bonds. The van der Waals surface area contributed by atoms with Crippen molar-refractivity contribution in [3.8, 4) is 0 Å². The Hall–Kier alpha value is -1.13. The van der Waals surface area contributed by atoms with E-state index in [1.807, 2.05) is 13.0 Å². The number of methoxy groups -OCH3 is 1. The van der Waals surface area contributed by atoms with Gasteiger partial charge in [0.2, 0.25) is 0 Å². The number of hydrogen-bond donors (Lipinski definition) is 2. The number of rotatable bonds is 13. The summed E-state index contributed by atoms with van der Waals surface area (Å²) in [5.74, 6) is 0.376. The first-order valence-electron chi connectivity index (χ1n) is 10.8. The fourth-order valence-electron chi connectivity index (χ4n) is 3.85. The quantitative estimate of drug-likeness (QED) is 0.270. The molecule has 2 unspecified atom stereocenters. The molecule has 27 heavy (non-hydrogen) atoms. The van der Waals surface area contributed by atoms with Crippen molar-refractivity contribution in [1.82, 2.24) is 0 Å². The highest BCUT2D eigenvalue weighted by Gasteiger charge is 2.33. The van der Waals surface area contributed by atoms with Crippen LogP contribution in [0.3, 0.4) is 0 Å². The normalized spacial score (nSPS) is 25.3. The minimum atomic E-state index is -0.711. The van der Waals surface area contributed by atoms with Gasteiger partial charge in [-0.05, 0) is 56.8 Å². The van der Waals surface area contributed by atoms with Crippen LogP contribution in [0.2, 0.25) is 0 Å². The number of aliphatic hydroxyl groups excluding tert-OH is 1. The average molecular weight is 381 g/mol. The van der Waals surface area contributed by atoms with E-state index in [1.165, 1.54) is 7.11 Å². The first-order chi connectivity index (χ1) is 13.0. The Morgan fingerprint density at radius 3 is 2.63 bits per heavy atom. The molecule has 0 aromatic heterocycles. The molecule has 4 nitrogen and oxygen atoms in total. The predicted molar refractivity (Wildman–Crippen MR) is 110 cm³/mol. The van der Waals surface area contributed by atoms with Crippen LogP contribution in [0.1, 0.15) is 84.5 Å². The second-order valence-corrected chi connectivity index (χ2v) is 7.92. The smallest absolute Gasteiger partial charge is 0.305 e. The minimum Gasteiger partial charge on any atom is -0.469 e. The van der Waals surface area contributed by atoms with Crippen LogP contribution >= 0.6 is 0 Å². The van der Waals surface area contributed by atoms with Gasteiger partial charge in [-0.3, -0.25) is 4.79 Å². The summed E-state index contributed by atoms with van der Waals surface area (Å²) in [4.78, 5) is 11.1. The Morgan fingerprint density at radius 1 is 1.19 bits per heavy atom. The van der Waals surface area contributed by atoms with E-state index in [0.29, 0.717) is 12.3 Å². The van der Waals surface area contributed by atoms with E-state index >= 15 is 0 Å². The van der Waals surface area contributed by atoms with Crippen molar-refractivity contribution < 1.29 is 19.7 Å². The number of allylic oxidation sites excluding steroid dienone is 3. The van der Waals surface area contributed by atoms with E-state index in [4.69, 9.17) is 0 Å². The first-order valence-corrected chi connectivity index (χ1v) is 10.8. The molecule has 4 atom stereocenters. The lowest BCUT2D eigenvalue weighted by atomic mass is 9.87. The molecule has 0 aromatic carbocycles. The van der Waals surface area contributed by atoms with Crippen LogP contribution in [0.5, 0.6) is 0 Å². The zero-order valence-corrected chi connectivity index (χ0v) is 17.5. The highest BCUT2D eigenvalue weighted by atomic mass is 16.5. The van der Waals surface area contributed by atoms with Crippen molar-refractivity contribution in [3.63, 3.8) is 0 Å². The first kappa shape index (κ1) is 23.9. The molecule has 0 saturated heterocycles. The van der Waals surface area contributed by atoms with Crippen molar-refractivity contribution in [3.05, 3.63) is 24.3 Å². The zero-order valence-electron chi connectivity index (χ0n) is 17.5. The molecule has 1 aliphatic rings. The fraction of sp³-hybridized carbons (Fsp3) is 0.783. The predicted octanol–water partition coefficient (Wildman–Crippen LogP) is 4.94. The summed E-state index contributed by atoms with van der Waals surface area (Å²) in [5, 5.41) is 21.1. The van der Waals surface area contributed by atoms with Crippen molar-refractivity contribution in [1.29, 1.82) is 0 Å². The van der Waals surface area contributed by atoms with Gasteiger partial charge in [-0.25, -0.2) is 0 Å². The number of carbonyl (C=O) groups is 1. The van der Waals surface area contributed by atoms with Gasteiger partial charge in [-0.15, -0.1) is 0 Å². The van der Waals surface area contributed by atoms with Gasteiger partial charge in [0.25, 0.3) is 0 Å². The molecule has 1 rings (SSSR count). The molecule has 2 N–H and O–H groups in total. The maximum absolute atomic E-state index is 11.1. The van der Waals surface area contributed by atoms with Gasteiger partial charge in [0.1, 0.15) is 0 Å². The molecule has 0 spiro atoms. The van der Waals surface area contributed by atoms with E-state index in [1.54, 1.807) is 0 Å². The summed E-state index contributed by atoms with van der Waals surface area (Å²) in [7, 11) is 1.41. The van der Waals surface area contributed by atoms with Crippen LogP contribution in [0.25, 0.3) is 0 Å². The van der Waals surface area contributed by atoms with Gasteiger partial charge in [0.15, 0.2) is 0 Å². The lowest BCUT2D eigenvalue weighted by Crippen LogP contribution is -2.25. The Balaban J connectivity index is 2.50. The summed E-state index contributed by atoms with van der Waals surface area (Å²) in [6.45, 7) is 4.21. The second-order valence-electron chi connectivity index (χ2n) is 7.92.